The number of nitrogens with one attached hydrogen (secondary N) is 1. The van der Waals surface area contributed by atoms with Crippen molar-refractivity contribution in [2.24, 2.45) is 0 Å². The van der Waals surface area contributed by atoms with E-state index in [2.05, 4.69) is 5.32 Å². The molecule has 0 amide bonds. The van der Waals surface area contributed by atoms with Crippen molar-refractivity contribution in [1.82, 2.24) is 5.32 Å². The topological polar surface area (TPSA) is 253 Å². The lowest BCUT2D eigenvalue weighted by molar-refractivity contribution is -0.423. The molecule has 4 rings (SSSR count). The summed E-state index contributed by atoms with van der Waals surface area (Å²) in [5, 5.41) is 71.2. The third-order valence-corrected chi connectivity index (χ3v) is 6.80. The SMILES string of the molecule is O=C(O)CC(=O)OCC1OC(Oc2cc3c(cc2O)[N+](=C/C=C2/C=C(C(=O)O)NC(C(=O)O)C2)CC3)C(O)C(O)C1O. The summed E-state index contributed by atoms with van der Waals surface area (Å²) >= 11 is 0. The third kappa shape index (κ3) is 6.85. The molecule has 16 heteroatoms. The Balaban J connectivity index is 1.50. The minimum atomic E-state index is -1.78. The molecule has 226 valence electrons. The van der Waals surface area contributed by atoms with Gasteiger partial charge < -0.3 is 55.3 Å². The number of ether oxygens (including phenoxy) is 3. The fourth-order valence-electron chi connectivity index (χ4n) is 4.64. The lowest BCUT2D eigenvalue weighted by Gasteiger charge is -2.39. The number of benzene rings is 1. The van der Waals surface area contributed by atoms with Crippen LogP contribution in [0.2, 0.25) is 0 Å². The first-order valence-corrected chi connectivity index (χ1v) is 12.7. The molecule has 0 spiro atoms. The quantitative estimate of drug-likeness (QED) is 0.0894. The van der Waals surface area contributed by atoms with E-state index >= 15 is 0 Å². The molecule has 0 bridgehead atoms. The molecule has 3 aliphatic rings. The number of phenols is 1. The number of aliphatic carboxylic acids is 3. The van der Waals surface area contributed by atoms with E-state index in [9.17, 15) is 49.8 Å². The van der Waals surface area contributed by atoms with Crippen LogP contribution in [0.3, 0.4) is 0 Å². The van der Waals surface area contributed by atoms with Gasteiger partial charge in [0.1, 0.15) is 49.2 Å². The number of phenolic OH excluding ortho intramolecular Hbond substituents is 1. The van der Waals surface area contributed by atoms with Gasteiger partial charge in [0.2, 0.25) is 12.0 Å². The summed E-state index contributed by atoms with van der Waals surface area (Å²) in [7, 11) is 0. The highest BCUT2D eigenvalue weighted by atomic mass is 16.7. The van der Waals surface area contributed by atoms with Gasteiger partial charge in [0, 0.05) is 24.5 Å². The molecular formula is C26H29N2O14+. The van der Waals surface area contributed by atoms with Crippen molar-refractivity contribution in [3.05, 3.63) is 41.1 Å². The highest BCUT2D eigenvalue weighted by Crippen LogP contribution is 2.38. The van der Waals surface area contributed by atoms with Gasteiger partial charge in [-0.05, 0) is 17.7 Å². The molecule has 0 aliphatic carbocycles. The summed E-state index contributed by atoms with van der Waals surface area (Å²) in [4.78, 5) is 45.0. The van der Waals surface area contributed by atoms with Gasteiger partial charge in [0.15, 0.2) is 24.3 Å². The van der Waals surface area contributed by atoms with Crippen molar-refractivity contribution in [2.75, 3.05) is 13.2 Å². The zero-order chi connectivity index (χ0) is 30.7. The zero-order valence-corrected chi connectivity index (χ0v) is 21.8. The average molecular weight is 594 g/mol. The number of carboxylic acid groups (broad SMARTS) is 3. The van der Waals surface area contributed by atoms with Crippen LogP contribution >= 0.6 is 0 Å². The molecule has 6 atom stereocenters. The van der Waals surface area contributed by atoms with Gasteiger partial charge >= 0.3 is 23.9 Å². The minimum absolute atomic E-state index is 0.0470. The predicted octanol–water partition coefficient (Wildman–Crippen LogP) is -1.79. The number of esters is 1. The summed E-state index contributed by atoms with van der Waals surface area (Å²) in [6, 6.07) is 1.75. The van der Waals surface area contributed by atoms with Crippen LogP contribution in [0.25, 0.3) is 0 Å². The highest BCUT2D eigenvalue weighted by Gasteiger charge is 2.46. The van der Waals surface area contributed by atoms with Crippen molar-refractivity contribution in [3.8, 4) is 11.5 Å². The van der Waals surface area contributed by atoms with Gasteiger partial charge in [-0.3, -0.25) is 9.59 Å². The molecule has 1 saturated heterocycles. The Labute approximate surface area is 237 Å². The molecule has 0 radical (unpaired) electrons. The largest absolute Gasteiger partial charge is 0.504 e. The molecule has 3 aliphatic heterocycles. The maximum atomic E-state index is 11.5. The second-order valence-corrected chi connectivity index (χ2v) is 9.77. The molecule has 0 saturated carbocycles. The molecule has 8 N–H and O–H groups in total. The van der Waals surface area contributed by atoms with Crippen LogP contribution in [0.15, 0.2) is 35.6 Å². The Morgan fingerprint density at radius 2 is 1.81 bits per heavy atom. The van der Waals surface area contributed by atoms with Gasteiger partial charge in [-0.25, -0.2) is 9.59 Å². The zero-order valence-electron chi connectivity index (χ0n) is 21.8. The first-order valence-electron chi connectivity index (χ1n) is 12.7. The second kappa shape index (κ2) is 12.6. The Hall–Kier alpha value is -4.51. The minimum Gasteiger partial charge on any atom is -0.504 e. The van der Waals surface area contributed by atoms with E-state index in [0.717, 1.165) is 0 Å². The van der Waals surface area contributed by atoms with Crippen molar-refractivity contribution < 1.29 is 73.7 Å². The standard InChI is InChI=1S/C26H28N2O14/c29-16-8-15-12(2-4-28(15)3-1-11-5-13(24(36)37)27-14(6-11)25(38)39)7-17(16)41-26-23(35)22(34)21(33)18(42-26)10-40-20(32)9-19(30)31/h1,3,5,7-8,14,18,21-23,26,33-35H,2,4,6,9-10H2,(H4,29,30,31,36,37,38,39)/p+1. The number of carbonyl (C=O) groups is 4. The number of hydrogen-bond donors (Lipinski definition) is 8. The molecule has 0 aromatic heterocycles. The number of allylic oxidation sites excluding steroid dienone is 2. The first-order chi connectivity index (χ1) is 19.8. The molecule has 1 fully saturated rings. The monoisotopic (exact) mass is 593 g/mol. The van der Waals surface area contributed by atoms with Crippen molar-refractivity contribution in [3.63, 3.8) is 0 Å². The fraction of sp³-hybridized carbons (Fsp3) is 0.423. The number of aromatic hydroxyl groups is 1. The molecule has 42 heavy (non-hydrogen) atoms. The van der Waals surface area contributed by atoms with E-state index in [-0.39, 0.29) is 23.6 Å². The molecule has 16 nitrogen and oxygen atoms in total. The average Bonchev–Trinajstić information content (AvgIpc) is 3.32. The Morgan fingerprint density at radius 1 is 1.07 bits per heavy atom. The lowest BCUT2D eigenvalue weighted by atomic mass is 9.99. The molecule has 1 aromatic rings. The fourth-order valence-corrected chi connectivity index (χ4v) is 4.64. The maximum absolute atomic E-state index is 11.5. The number of hydrogen-bond acceptors (Lipinski definition) is 12. The van der Waals surface area contributed by atoms with E-state index in [1.165, 1.54) is 18.2 Å². The van der Waals surface area contributed by atoms with E-state index in [4.69, 9.17) is 19.3 Å². The van der Waals surface area contributed by atoms with Crippen LogP contribution in [0.1, 0.15) is 18.4 Å². The van der Waals surface area contributed by atoms with E-state index in [1.54, 1.807) is 16.9 Å². The van der Waals surface area contributed by atoms with Crippen LogP contribution < -0.4 is 10.1 Å². The highest BCUT2D eigenvalue weighted by molar-refractivity contribution is 5.90. The first kappa shape index (κ1) is 30.4. The van der Waals surface area contributed by atoms with E-state index in [0.29, 0.717) is 29.8 Å². The predicted molar refractivity (Wildman–Crippen MR) is 136 cm³/mol. The van der Waals surface area contributed by atoms with Gasteiger partial charge in [0.25, 0.3) is 0 Å². The lowest BCUT2D eigenvalue weighted by Crippen LogP contribution is -2.60. The number of aliphatic hydroxyl groups excluding tert-OH is 3. The summed E-state index contributed by atoms with van der Waals surface area (Å²) < 4.78 is 17.6. The van der Waals surface area contributed by atoms with Crippen molar-refractivity contribution in [2.45, 2.75) is 56.0 Å². The number of nitrogens with zero attached hydrogens (tertiary/aromatic N) is 1. The maximum Gasteiger partial charge on any atom is 0.351 e. The molecule has 1 aromatic carbocycles. The summed E-state index contributed by atoms with van der Waals surface area (Å²) in [5.41, 5.74) is 1.49. The number of rotatable bonds is 9. The smallest absolute Gasteiger partial charge is 0.351 e. The second-order valence-electron chi connectivity index (χ2n) is 9.77. The third-order valence-electron chi connectivity index (χ3n) is 6.80. The van der Waals surface area contributed by atoms with Gasteiger partial charge in [-0.15, -0.1) is 0 Å². The van der Waals surface area contributed by atoms with E-state index in [1.807, 2.05) is 0 Å². The van der Waals surface area contributed by atoms with Gasteiger partial charge in [0.05, 0.1) is 6.07 Å². The molecule has 6 unspecified atom stereocenters. The van der Waals surface area contributed by atoms with Crippen LogP contribution in [0.5, 0.6) is 11.5 Å². The number of carboxylic acids is 3. The van der Waals surface area contributed by atoms with E-state index < -0.39 is 73.7 Å². The summed E-state index contributed by atoms with van der Waals surface area (Å²) in [5.74, 6) is -5.52. The number of fused-ring (bicyclic) bond motifs is 1. The molecule has 3 heterocycles. The number of aliphatic hydroxyl groups is 3. The summed E-state index contributed by atoms with van der Waals surface area (Å²) in [6.45, 7) is -0.185. The Kier molecular flexibility index (Phi) is 9.11. The Morgan fingerprint density at radius 3 is 2.48 bits per heavy atom. The summed E-state index contributed by atoms with van der Waals surface area (Å²) in [6.07, 6.45) is -4.09. The molecular weight excluding hydrogens is 564 g/mol. The van der Waals surface area contributed by atoms with Gasteiger partial charge in [-0.2, -0.15) is 4.58 Å². The van der Waals surface area contributed by atoms with Gasteiger partial charge in [-0.1, -0.05) is 0 Å². The van der Waals surface area contributed by atoms with Crippen molar-refractivity contribution >= 4 is 35.8 Å². The van der Waals surface area contributed by atoms with Crippen molar-refractivity contribution in [1.29, 1.82) is 0 Å². The van der Waals surface area contributed by atoms with Crippen LogP contribution in [-0.4, -0.2) is 120 Å². The normalized spacial score (nSPS) is 28.9. The Bertz CT molecular complexity index is 1370. The van der Waals surface area contributed by atoms with Crippen LogP contribution in [0.4, 0.5) is 5.69 Å². The van der Waals surface area contributed by atoms with Crippen LogP contribution in [0, 0.1) is 0 Å². The number of carbonyl (C=O) groups excluding carboxylic acids is 1. The van der Waals surface area contributed by atoms with Crippen LogP contribution in [-0.2, 0) is 35.1 Å².